The molecule has 4 aromatic rings. The van der Waals surface area contributed by atoms with Gasteiger partial charge in [0.15, 0.2) is 5.16 Å². The molecule has 0 bridgehead atoms. The Morgan fingerprint density at radius 2 is 2.06 bits per heavy atom. The van der Waals surface area contributed by atoms with Crippen LogP contribution in [0.5, 0.6) is 5.75 Å². The summed E-state index contributed by atoms with van der Waals surface area (Å²) in [4.78, 5) is 32.0. The van der Waals surface area contributed by atoms with Gasteiger partial charge in [-0.3, -0.25) is 14.2 Å². The number of ether oxygens (including phenoxy) is 1. The van der Waals surface area contributed by atoms with Crippen LogP contribution in [0.1, 0.15) is 16.4 Å². The van der Waals surface area contributed by atoms with E-state index in [-0.39, 0.29) is 11.5 Å². The number of nitrogens with one attached hydrogen (secondary N) is 1. The first-order valence-corrected chi connectivity index (χ1v) is 12.0. The molecule has 33 heavy (non-hydrogen) atoms. The summed E-state index contributed by atoms with van der Waals surface area (Å²) in [5.41, 5.74) is 2.25. The van der Waals surface area contributed by atoms with Crippen LogP contribution in [0.3, 0.4) is 0 Å². The third-order valence-electron chi connectivity index (χ3n) is 5.04. The minimum absolute atomic E-state index is 0.142. The Labute approximate surface area is 199 Å². The van der Waals surface area contributed by atoms with E-state index in [9.17, 15) is 9.59 Å². The molecule has 0 aliphatic carbocycles. The number of thioether (sulfide) groups is 1. The largest absolute Gasteiger partial charge is 0.495 e. The Bertz CT molecular complexity index is 1360. The summed E-state index contributed by atoms with van der Waals surface area (Å²) in [7, 11) is 1.57. The Morgan fingerprint density at radius 1 is 1.27 bits per heavy atom. The zero-order chi connectivity index (χ0) is 23.4. The van der Waals surface area contributed by atoms with Crippen LogP contribution in [0.25, 0.3) is 10.2 Å². The summed E-state index contributed by atoms with van der Waals surface area (Å²) in [6.45, 7) is 6.03. The molecule has 0 aliphatic rings. The molecule has 2 heterocycles. The molecule has 0 saturated carbocycles. The number of aromatic nitrogens is 2. The molecule has 0 aliphatic heterocycles. The van der Waals surface area contributed by atoms with Crippen LogP contribution in [0.2, 0.25) is 0 Å². The minimum atomic E-state index is -0.642. The third kappa shape index (κ3) is 4.86. The standard InChI is InChI=1S/C25H23N3O3S2/c1-4-13-28-24(30)18-12-14-32-23(18)27-25(28)33-21(17-8-6-5-7-9-17)22(29)26-19-15-16(2)10-11-20(19)31-3/h4-12,14-15,21H,1,13H2,2-3H3,(H,26,29). The van der Waals surface area contributed by atoms with Crippen LogP contribution >= 0.6 is 23.1 Å². The van der Waals surface area contributed by atoms with E-state index in [1.807, 2.05) is 60.8 Å². The number of anilines is 1. The molecular weight excluding hydrogens is 454 g/mol. The number of thiophene rings is 1. The second-order valence-electron chi connectivity index (χ2n) is 7.34. The maximum Gasteiger partial charge on any atom is 0.263 e. The molecule has 0 radical (unpaired) electrons. The SMILES string of the molecule is C=CCn1c(SC(C(=O)Nc2cc(C)ccc2OC)c2ccccc2)nc2sccc2c1=O. The maximum absolute atomic E-state index is 13.5. The summed E-state index contributed by atoms with van der Waals surface area (Å²) < 4.78 is 6.98. The van der Waals surface area contributed by atoms with E-state index >= 15 is 0 Å². The van der Waals surface area contributed by atoms with Crippen LogP contribution in [0.15, 0.2) is 82.6 Å². The lowest BCUT2D eigenvalue weighted by molar-refractivity contribution is -0.115. The smallest absolute Gasteiger partial charge is 0.263 e. The highest BCUT2D eigenvalue weighted by atomic mass is 32.2. The van der Waals surface area contributed by atoms with Crippen molar-refractivity contribution in [3.8, 4) is 5.75 Å². The second kappa shape index (κ2) is 10.1. The molecule has 0 spiro atoms. The van der Waals surface area contributed by atoms with Gasteiger partial charge in [-0.15, -0.1) is 17.9 Å². The van der Waals surface area contributed by atoms with Gasteiger partial charge < -0.3 is 10.1 Å². The highest BCUT2D eigenvalue weighted by molar-refractivity contribution is 8.00. The normalized spacial score (nSPS) is 11.8. The number of methoxy groups -OCH3 is 1. The number of amides is 1. The molecule has 2 aromatic carbocycles. The lowest BCUT2D eigenvalue weighted by atomic mass is 10.1. The van der Waals surface area contributed by atoms with E-state index < -0.39 is 5.25 Å². The number of nitrogens with zero attached hydrogens (tertiary/aromatic N) is 2. The lowest BCUT2D eigenvalue weighted by Crippen LogP contribution is -2.24. The molecule has 1 atom stereocenters. The zero-order valence-corrected chi connectivity index (χ0v) is 19.9. The van der Waals surface area contributed by atoms with Gasteiger partial charge in [-0.1, -0.05) is 54.2 Å². The summed E-state index contributed by atoms with van der Waals surface area (Å²) in [6, 6.07) is 16.8. The van der Waals surface area contributed by atoms with Crippen molar-refractivity contribution in [2.24, 2.45) is 0 Å². The van der Waals surface area contributed by atoms with E-state index in [0.29, 0.717) is 33.4 Å². The Morgan fingerprint density at radius 3 is 2.79 bits per heavy atom. The van der Waals surface area contributed by atoms with Crippen molar-refractivity contribution in [3.63, 3.8) is 0 Å². The van der Waals surface area contributed by atoms with Crippen LogP contribution in [-0.2, 0) is 11.3 Å². The highest BCUT2D eigenvalue weighted by Gasteiger charge is 2.26. The van der Waals surface area contributed by atoms with E-state index in [1.54, 1.807) is 23.8 Å². The minimum Gasteiger partial charge on any atom is -0.495 e. The Balaban J connectivity index is 1.76. The van der Waals surface area contributed by atoms with Gasteiger partial charge in [0.2, 0.25) is 5.91 Å². The van der Waals surface area contributed by atoms with Gasteiger partial charge in [-0.05, 0) is 41.6 Å². The van der Waals surface area contributed by atoms with Crippen LogP contribution in [-0.4, -0.2) is 22.6 Å². The summed E-state index contributed by atoms with van der Waals surface area (Å²) in [5, 5.41) is 5.24. The predicted molar refractivity (Wildman–Crippen MR) is 135 cm³/mol. The third-order valence-corrected chi connectivity index (χ3v) is 7.09. The number of carbonyl (C=O) groups excluding carboxylic acids is 1. The van der Waals surface area contributed by atoms with Crippen molar-refractivity contribution in [2.75, 3.05) is 12.4 Å². The molecule has 0 saturated heterocycles. The summed E-state index contributed by atoms with van der Waals surface area (Å²) in [6.07, 6.45) is 1.65. The molecule has 8 heteroatoms. The van der Waals surface area contributed by atoms with Gasteiger partial charge in [0.05, 0.1) is 18.2 Å². The fraction of sp³-hybridized carbons (Fsp3) is 0.160. The lowest BCUT2D eigenvalue weighted by Gasteiger charge is -2.19. The van der Waals surface area contributed by atoms with Crippen molar-refractivity contribution in [1.29, 1.82) is 0 Å². The number of carbonyl (C=O) groups is 1. The van der Waals surface area contributed by atoms with Crippen molar-refractivity contribution < 1.29 is 9.53 Å². The maximum atomic E-state index is 13.5. The van der Waals surface area contributed by atoms with Crippen LogP contribution < -0.4 is 15.6 Å². The Hall–Kier alpha value is -3.36. The predicted octanol–water partition coefficient (Wildman–Crippen LogP) is 5.43. The zero-order valence-electron chi connectivity index (χ0n) is 18.3. The second-order valence-corrected chi connectivity index (χ2v) is 9.31. The molecule has 2 aromatic heterocycles. The number of hydrogen-bond donors (Lipinski definition) is 1. The fourth-order valence-corrected chi connectivity index (χ4v) is 5.35. The van der Waals surface area contributed by atoms with Crippen molar-refractivity contribution in [1.82, 2.24) is 9.55 Å². The number of allylic oxidation sites excluding steroid dienone is 1. The number of benzene rings is 2. The van der Waals surface area contributed by atoms with Gasteiger partial charge in [0, 0.05) is 6.54 Å². The first kappa shape index (κ1) is 22.8. The van der Waals surface area contributed by atoms with E-state index in [4.69, 9.17) is 9.72 Å². The van der Waals surface area contributed by atoms with E-state index in [2.05, 4.69) is 11.9 Å². The van der Waals surface area contributed by atoms with Gasteiger partial charge in [-0.25, -0.2) is 4.98 Å². The molecule has 4 rings (SSSR count). The highest BCUT2D eigenvalue weighted by Crippen LogP contribution is 2.37. The molecule has 168 valence electrons. The molecule has 1 amide bonds. The van der Waals surface area contributed by atoms with E-state index in [1.165, 1.54) is 23.1 Å². The van der Waals surface area contributed by atoms with Crippen molar-refractivity contribution in [2.45, 2.75) is 23.9 Å². The fourth-order valence-electron chi connectivity index (χ4n) is 3.43. The number of hydrogen-bond acceptors (Lipinski definition) is 6. The van der Waals surface area contributed by atoms with Gasteiger partial charge in [0.25, 0.3) is 5.56 Å². The average Bonchev–Trinajstić information content (AvgIpc) is 3.29. The molecule has 1 N–H and O–H groups in total. The first-order valence-electron chi connectivity index (χ1n) is 10.3. The monoisotopic (exact) mass is 477 g/mol. The first-order chi connectivity index (χ1) is 16.0. The molecular formula is C25H23N3O3S2. The molecule has 0 fully saturated rings. The Kier molecular flexibility index (Phi) is 6.96. The van der Waals surface area contributed by atoms with Crippen molar-refractivity contribution >= 4 is 44.9 Å². The molecule has 1 unspecified atom stereocenters. The number of rotatable bonds is 8. The van der Waals surface area contributed by atoms with Gasteiger partial charge in [-0.2, -0.15) is 0 Å². The number of aryl methyl sites for hydroxylation is 1. The van der Waals surface area contributed by atoms with E-state index in [0.717, 1.165) is 11.1 Å². The quantitative estimate of drug-likeness (QED) is 0.208. The summed E-state index contributed by atoms with van der Waals surface area (Å²) in [5.74, 6) is 0.341. The van der Waals surface area contributed by atoms with Crippen LogP contribution in [0.4, 0.5) is 5.69 Å². The number of fused-ring (bicyclic) bond motifs is 1. The average molecular weight is 478 g/mol. The van der Waals surface area contributed by atoms with Gasteiger partial charge >= 0.3 is 0 Å². The molecule has 6 nitrogen and oxygen atoms in total. The summed E-state index contributed by atoms with van der Waals surface area (Å²) >= 11 is 2.65. The van der Waals surface area contributed by atoms with Gasteiger partial charge in [0.1, 0.15) is 15.8 Å². The van der Waals surface area contributed by atoms with Crippen molar-refractivity contribution in [3.05, 3.63) is 94.1 Å². The van der Waals surface area contributed by atoms with Crippen LogP contribution in [0, 0.1) is 6.92 Å². The topological polar surface area (TPSA) is 73.2 Å².